The van der Waals surface area contributed by atoms with Crippen LogP contribution in [0.25, 0.3) is 44.8 Å². The maximum Gasteiger partial charge on any atom is 0.254 e. The summed E-state index contributed by atoms with van der Waals surface area (Å²) >= 11 is 0. The number of rotatable bonds is 7. The van der Waals surface area contributed by atoms with E-state index < -0.39 is 5.91 Å². The number of nitrogens with two attached hydrogens (primary N) is 2. The highest BCUT2D eigenvalue weighted by Gasteiger charge is 2.47. The number of methoxy groups -OCH3 is 1. The van der Waals surface area contributed by atoms with Crippen LogP contribution in [-0.2, 0) is 13.6 Å². The van der Waals surface area contributed by atoms with E-state index in [2.05, 4.69) is 10.6 Å². The molecule has 44 heavy (non-hydrogen) atoms. The second-order valence-electron chi connectivity index (χ2n) is 12.6. The Labute approximate surface area is 254 Å². The Morgan fingerprint density at radius 1 is 1.02 bits per heavy atom. The number of carbonyl (C=O) groups is 2. The number of primary amides is 1. The lowest BCUT2D eigenvalue weighted by atomic mass is 10.0. The number of benzene rings is 2. The number of fused-ring (bicyclic) bond motifs is 4. The van der Waals surface area contributed by atoms with E-state index >= 15 is 0 Å². The van der Waals surface area contributed by atoms with E-state index in [1.165, 1.54) is 12.8 Å². The Morgan fingerprint density at radius 3 is 2.55 bits per heavy atom. The Balaban J connectivity index is 1.25. The van der Waals surface area contributed by atoms with E-state index in [1.54, 1.807) is 19.2 Å². The third kappa shape index (κ3) is 4.11. The number of pyridine rings is 1. The van der Waals surface area contributed by atoms with Gasteiger partial charge in [0.2, 0.25) is 5.91 Å². The van der Waals surface area contributed by atoms with Crippen molar-refractivity contribution < 1.29 is 14.3 Å². The van der Waals surface area contributed by atoms with Crippen LogP contribution in [0, 0.1) is 11.8 Å². The first-order valence-corrected chi connectivity index (χ1v) is 15.3. The van der Waals surface area contributed by atoms with Crippen LogP contribution >= 0.6 is 0 Å². The monoisotopic (exact) mass is 589 g/mol. The summed E-state index contributed by atoms with van der Waals surface area (Å²) < 4.78 is 10.1. The minimum atomic E-state index is -0.483. The van der Waals surface area contributed by atoms with Crippen LogP contribution in [0.3, 0.4) is 0 Å². The number of ether oxygens (including phenoxy) is 1. The molecular formula is C34H35N7O3. The minimum Gasteiger partial charge on any atom is -0.494 e. The van der Waals surface area contributed by atoms with Gasteiger partial charge in [-0.2, -0.15) is 0 Å². The lowest BCUT2D eigenvalue weighted by Gasteiger charge is -2.27. The summed E-state index contributed by atoms with van der Waals surface area (Å²) in [6, 6.07) is 17.2. The van der Waals surface area contributed by atoms with E-state index in [4.69, 9.17) is 26.2 Å². The zero-order chi connectivity index (χ0) is 30.3. The summed E-state index contributed by atoms with van der Waals surface area (Å²) in [7, 11) is 3.61. The maximum absolute atomic E-state index is 13.7. The van der Waals surface area contributed by atoms with Gasteiger partial charge in [-0.25, -0.2) is 9.97 Å². The first-order chi connectivity index (χ1) is 21.3. The van der Waals surface area contributed by atoms with E-state index in [-0.39, 0.29) is 18.0 Å². The number of hydrogen-bond acceptors (Lipinski definition) is 6. The standard InChI is InChI=1S/C34H35N7O3/c1-39-30-25(13-21(15-28(30)44-2)34(43)41-17-20-10-12-26(41)29(20)35)38-33(39)27-14-19-9-11-24(22-5-3-4-6-23(22)31(36)42)37-32(19)40(27)16-18-7-8-18/h3-6,9,11,13-15,18,20,26,29H,7-8,10,12,16-17,35H2,1-2H3,(H2,36,42)/t20-,26-,29-/m1/s1. The normalized spacial score (nSPS) is 21.1. The van der Waals surface area contributed by atoms with Crippen molar-refractivity contribution in [3.63, 3.8) is 0 Å². The average Bonchev–Trinajstić information content (AvgIpc) is 3.44. The van der Waals surface area contributed by atoms with Crippen LogP contribution in [0.2, 0.25) is 0 Å². The quantitative estimate of drug-likeness (QED) is 0.290. The summed E-state index contributed by atoms with van der Waals surface area (Å²) in [5.41, 5.74) is 17.8. The predicted octanol–water partition coefficient (Wildman–Crippen LogP) is 4.34. The molecule has 10 heteroatoms. The van der Waals surface area contributed by atoms with Gasteiger partial charge in [0.25, 0.3) is 5.91 Å². The molecule has 3 aromatic heterocycles. The highest BCUT2D eigenvalue weighted by atomic mass is 16.5. The van der Waals surface area contributed by atoms with Crippen molar-refractivity contribution in [2.75, 3.05) is 13.7 Å². The number of likely N-dealkylation sites (tertiary alicyclic amines) is 1. The summed E-state index contributed by atoms with van der Waals surface area (Å²) in [5, 5.41) is 0.983. The molecule has 4 heterocycles. The molecule has 0 spiro atoms. The summed E-state index contributed by atoms with van der Waals surface area (Å²) in [4.78, 5) is 38.0. The Morgan fingerprint density at radius 2 is 1.84 bits per heavy atom. The van der Waals surface area contributed by atoms with Crippen molar-refractivity contribution in [2.24, 2.45) is 30.4 Å². The van der Waals surface area contributed by atoms with Crippen molar-refractivity contribution in [1.29, 1.82) is 0 Å². The van der Waals surface area contributed by atoms with Gasteiger partial charge in [0.1, 0.15) is 16.9 Å². The van der Waals surface area contributed by atoms with Gasteiger partial charge >= 0.3 is 0 Å². The zero-order valence-corrected chi connectivity index (χ0v) is 24.9. The van der Waals surface area contributed by atoms with Crippen molar-refractivity contribution in [3.8, 4) is 28.5 Å². The summed E-state index contributed by atoms with van der Waals surface area (Å²) in [6.07, 6.45) is 4.39. The third-order valence-electron chi connectivity index (χ3n) is 9.89. The molecule has 3 fully saturated rings. The van der Waals surface area contributed by atoms with Crippen LogP contribution in [-0.4, -0.2) is 61.6 Å². The fourth-order valence-electron chi connectivity index (χ4n) is 7.39. The fourth-order valence-corrected chi connectivity index (χ4v) is 7.39. The van der Waals surface area contributed by atoms with Gasteiger partial charge in [0, 0.05) is 54.3 Å². The maximum atomic E-state index is 13.7. The van der Waals surface area contributed by atoms with Crippen molar-refractivity contribution in [1.82, 2.24) is 24.0 Å². The topological polar surface area (TPSA) is 134 Å². The molecule has 2 amide bonds. The van der Waals surface area contributed by atoms with Gasteiger partial charge in [-0.15, -0.1) is 0 Å². The van der Waals surface area contributed by atoms with Gasteiger partial charge in [-0.1, -0.05) is 18.2 Å². The fraction of sp³-hybridized carbons (Fsp3) is 0.353. The van der Waals surface area contributed by atoms with E-state index in [0.717, 1.165) is 47.5 Å². The number of aromatic nitrogens is 4. The van der Waals surface area contributed by atoms with Gasteiger partial charge in [0.05, 0.1) is 24.0 Å². The summed E-state index contributed by atoms with van der Waals surface area (Å²) in [5.74, 6) is 1.82. The molecule has 10 nitrogen and oxygen atoms in total. The molecule has 224 valence electrons. The van der Waals surface area contributed by atoms with E-state index in [9.17, 15) is 9.59 Å². The van der Waals surface area contributed by atoms with Crippen LogP contribution in [0.4, 0.5) is 0 Å². The summed E-state index contributed by atoms with van der Waals surface area (Å²) in [6.45, 7) is 1.52. The molecule has 5 aromatic rings. The predicted molar refractivity (Wildman–Crippen MR) is 168 cm³/mol. The Bertz CT molecular complexity index is 1990. The lowest BCUT2D eigenvalue weighted by Crippen LogP contribution is -2.41. The van der Waals surface area contributed by atoms with Gasteiger partial charge in [0.15, 0.2) is 5.82 Å². The molecule has 2 bridgehead atoms. The second kappa shape index (κ2) is 9.92. The molecule has 3 atom stereocenters. The SMILES string of the molecule is COc1cc(C(=O)N2C[C@H]3CC[C@@H]2[C@@H]3N)cc2nc(-c3cc4ccc(-c5ccccc5C(N)=O)nc4n3CC3CC3)n(C)c12. The molecule has 3 aliphatic rings. The average molecular weight is 590 g/mol. The number of carbonyl (C=O) groups excluding carboxylic acids is 2. The molecule has 0 unspecified atom stereocenters. The molecule has 4 N–H and O–H groups in total. The largest absolute Gasteiger partial charge is 0.494 e. The first kappa shape index (κ1) is 26.9. The van der Waals surface area contributed by atoms with Crippen LogP contribution in [0.5, 0.6) is 5.75 Å². The zero-order valence-electron chi connectivity index (χ0n) is 24.9. The number of hydrogen-bond donors (Lipinski definition) is 2. The third-order valence-corrected chi connectivity index (χ3v) is 9.89. The molecule has 1 saturated heterocycles. The number of imidazole rings is 1. The van der Waals surface area contributed by atoms with Gasteiger partial charge in [-0.05, 0) is 73.9 Å². The van der Waals surface area contributed by atoms with Crippen LogP contribution < -0.4 is 16.2 Å². The molecule has 2 saturated carbocycles. The van der Waals surface area contributed by atoms with Gasteiger partial charge in [-0.3, -0.25) is 9.59 Å². The van der Waals surface area contributed by atoms with E-state index in [0.29, 0.717) is 52.0 Å². The number of amides is 2. The number of piperidine rings is 1. The van der Waals surface area contributed by atoms with Crippen LogP contribution in [0.1, 0.15) is 46.4 Å². The first-order valence-electron chi connectivity index (χ1n) is 15.3. The van der Waals surface area contributed by atoms with Crippen LogP contribution in [0.15, 0.2) is 54.6 Å². The minimum absolute atomic E-state index is 0.0177. The highest BCUT2D eigenvalue weighted by molar-refractivity contribution is 6.01. The molecule has 1 aliphatic heterocycles. The molecule has 8 rings (SSSR count). The smallest absolute Gasteiger partial charge is 0.254 e. The molecule has 2 aromatic carbocycles. The van der Waals surface area contributed by atoms with Crippen molar-refractivity contribution >= 4 is 33.9 Å². The second-order valence-corrected chi connectivity index (χ2v) is 12.6. The molecular weight excluding hydrogens is 554 g/mol. The highest BCUT2D eigenvalue weighted by Crippen LogP contribution is 2.40. The Hall–Kier alpha value is -4.70. The van der Waals surface area contributed by atoms with Gasteiger partial charge < -0.3 is 30.2 Å². The molecule has 2 aliphatic carbocycles. The number of nitrogens with zero attached hydrogens (tertiary/aromatic N) is 5. The Kier molecular flexibility index (Phi) is 6.06. The lowest BCUT2D eigenvalue weighted by molar-refractivity contribution is 0.0700. The number of aryl methyl sites for hydroxylation is 1. The van der Waals surface area contributed by atoms with Crippen molar-refractivity contribution in [3.05, 3.63) is 65.7 Å². The molecule has 0 radical (unpaired) electrons. The van der Waals surface area contributed by atoms with E-state index in [1.807, 2.05) is 52.9 Å². The van der Waals surface area contributed by atoms with Crippen molar-refractivity contribution in [2.45, 2.75) is 44.3 Å².